The van der Waals surface area contributed by atoms with Gasteiger partial charge in [-0.05, 0) is 37.0 Å². The molecule has 0 unspecified atom stereocenters. The van der Waals surface area contributed by atoms with Crippen molar-refractivity contribution in [1.82, 2.24) is 5.32 Å². The van der Waals surface area contributed by atoms with Crippen molar-refractivity contribution in [1.29, 1.82) is 0 Å². The highest BCUT2D eigenvalue weighted by Crippen LogP contribution is 2.29. The van der Waals surface area contributed by atoms with Crippen molar-refractivity contribution in [2.45, 2.75) is 37.5 Å². The van der Waals surface area contributed by atoms with Gasteiger partial charge < -0.3 is 5.32 Å². The molecule has 1 aliphatic carbocycles. The summed E-state index contributed by atoms with van der Waals surface area (Å²) in [6.07, 6.45) is 4.72. The molecule has 0 radical (unpaired) electrons. The minimum atomic E-state index is -3.86. The molecule has 4 nitrogen and oxygen atoms in total. The molecule has 21 heavy (non-hydrogen) atoms. The predicted molar refractivity (Wildman–Crippen MR) is 86.2 cm³/mol. The summed E-state index contributed by atoms with van der Waals surface area (Å²) in [5, 5.41) is 2.85. The Hall–Kier alpha value is -0.590. The molecular formula is C14H17BrClNO3S. The lowest BCUT2D eigenvalue weighted by Crippen LogP contribution is -2.28. The Kier molecular flexibility index (Phi) is 5.33. The lowest BCUT2D eigenvalue weighted by molar-refractivity contribution is 0.0948. The highest BCUT2D eigenvalue weighted by atomic mass is 79.9. The van der Waals surface area contributed by atoms with Crippen LogP contribution in [0.4, 0.5) is 0 Å². The van der Waals surface area contributed by atoms with E-state index in [-0.39, 0.29) is 10.8 Å². The SMILES string of the molecule is Cc1c(Br)cc(S(=O)(=O)Cl)cc1C(=O)NCCC1CCC1. The number of carbonyl (C=O) groups excluding carboxylic acids is 1. The van der Waals surface area contributed by atoms with Crippen molar-refractivity contribution < 1.29 is 13.2 Å². The zero-order valence-corrected chi connectivity index (χ0v) is 14.8. The van der Waals surface area contributed by atoms with E-state index in [1.165, 1.54) is 31.4 Å². The number of rotatable bonds is 5. The number of halogens is 2. The van der Waals surface area contributed by atoms with Gasteiger partial charge in [0.1, 0.15) is 0 Å². The van der Waals surface area contributed by atoms with Gasteiger partial charge in [-0.3, -0.25) is 4.79 Å². The van der Waals surface area contributed by atoms with E-state index in [2.05, 4.69) is 21.2 Å². The Morgan fingerprint density at radius 3 is 2.62 bits per heavy atom. The van der Waals surface area contributed by atoms with Gasteiger partial charge in [-0.25, -0.2) is 8.42 Å². The van der Waals surface area contributed by atoms with Gasteiger partial charge in [0.25, 0.3) is 15.0 Å². The van der Waals surface area contributed by atoms with Gasteiger partial charge in [-0.15, -0.1) is 0 Å². The molecule has 0 heterocycles. The van der Waals surface area contributed by atoms with Crippen LogP contribution in [0.1, 0.15) is 41.6 Å². The van der Waals surface area contributed by atoms with E-state index < -0.39 is 9.05 Å². The fourth-order valence-electron chi connectivity index (χ4n) is 2.30. The van der Waals surface area contributed by atoms with Crippen molar-refractivity contribution in [2.75, 3.05) is 6.54 Å². The van der Waals surface area contributed by atoms with Gasteiger partial charge in [-0.2, -0.15) is 0 Å². The number of benzene rings is 1. The van der Waals surface area contributed by atoms with Gasteiger partial charge in [0.2, 0.25) is 0 Å². The topological polar surface area (TPSA) is 63.2 Å². The van der Waals surface area contributed by atoms with E-state index in [0.717, 1.165) is 6.42 Å². The molecule has 0 spiro atoms. The zero-order valence-electron chi connectivity index (χ0n) is 11.7. The molecule has 0 aromatic heterocycles. The van der Waals surface area contributed by atoms with E-state index in [0.29, 0.717) is 28.1 Å². The monoisotopic (exact) mass is 393 g/mol. The molecule has 1 N–H and O–H groups in total. The maximum absolute atomic E-state index is 12.2. The maximum Gasteiger partial charge on any atom is 0.261 e. The van der Waals surface area contributed by atoms with Crippen LogP contribution in [0.2, 0.25) is 0 Å². The summed E-state index contributed by atoms with van der Waals surface area (Å²) < 4.78 is 23.4. The Morgan fingerprint density at radius 1 is 1.43 bits per heavy atom. The van der Waals surface area contributed by atoms with E-state index in [1.54, 1.807) is 6.92 Å². The number of hydrogen-bond acceptors (Lipinski definition) is 3. The van der Waals surface area contributed by atoms with Crippen LogP contribution >= 0.6 is 26.6 Å². The smallest absolute Gasteiger partial charge is 0.261 e. The molecule has 1 aromatic rings. The van der Waals surface area contributed by atoms with Crippen LogP contribution in [-0.4, -0.2) is 20.9 Å². The standard InChI is InChI=1S/C14H17BrClNO3S/c1-9-12(7-11(8-13(9)15)21(16,19)20)14(18)17-6-5-10-3-2-4-10/h7-8,10H,2-6H2,1H3,(H,17,18). The third-order valence-corrected chi connectivity index (χ3v) is 6.06. The molecule has 0 bridgehead atoms. The summed E-state index contributed by atoms with van der Waals surface area (Å²) in [5.41, 5.74) is 1.03. The van der Waals surface area contributed by atoms with Crippen LogP contribution in [-0.2, 0) is 9.05 Å². The summed E-state index contributed by atoms with van der Waals surface area (Å²) in [6, 6.07) is 2.73. The van der Waals surface area contributed by atoms with Crippen LogP contribution in [0.15, 0.2) is 21.5 Å². The molecule has 1 aromatic carbocycles. The van der Waals surface area contributed by atoms with Crippen molar-refractivity contribution in [3.63, 3.8) is 0 Å². The van der Waals surface area contributed by atoms with Gasteiger partial charge in [0.05, 0.1) is 4.90 Å². The van der Waals surface area contributed by atoms with Crippen LogP contribution in [0, 0.1) is 12.8 Å². The normalized spacial score (nSPS) is 15.6. The average Bonchev–Trinajstić information content (AvgIpc) is 2.33. The first kappa shape index (κ1) is 16.8. The van der Waals surface area contributed by atoms with Crippen molar-refractivity contribution >= 4 is 41.6 Å². The largest absolute Gasteiger partial charge is 0.352 e. The first-order valence-electron chi connectivity index (χ1n) is 6.82. The lowest BCUT2D eigenvalue weighted by atomic mass is 9.83. The Balaban J connectivity index is 2.13. The van der Waals surface area contributed by atoms with Crippen LogP contribution in [0.3, 0.4) is 0 Å². The first-order valence-corrected chi connectivity index (χ1v) is 9.92. The summed E-state index contributed by atoms with van der Waals surface area (Å²) >= 11 is 3.27. The third-order valence-electron chi connectivity index (χ3n) is 3.91. The highest BCUT2D eigenvalue weighted by Gasteiger charge is 2.20. The second-order valence-corrected chi connectivity index (χ2v) is 8.78. The second kappa shape index (κ2) is 6.67. The molecule has 1 saturated carbocycles. The van der Waals surface area contributed by atoms with Crippen LogP contribution < -0.4 is 5.32 Å². The number of hydrogen-bond donors (Lipinski definition) is 1. The second-order valence-electron chi connectivity index (χ2n) is 5.36. The van der Waals surface area contributed by atoms with Crippen LogP contribution in [0.5, 0.6) is 0 Å². The van der Waals surface area contributed by atoms with E-state index in [1.807, 2.05) is 0 Å². The quantitative estimate of drug-likeness (QED) is 0.776. The molecule has 2 rings (SSSR count). The summed E-state index contributed by atoms with van der Waals surface area (Å²) in [6.45, 7) is 2.37. The molecule has 7 heteroatoms. The van der Waals surface area contributed by atoms with E-state index in [4.69, 9.17) is 10.7 Å². The lowest BCUT2D eigenvalue weighted by Gasteiger charge is -2.25. The Bertz CT molecular complexity index is 656. The molecule has 1 fully saturated rings. The van der Waals surface area contributed by atoms with Crippen molar-refractivity contribution in [2.24, 2.45) is 5.92 Å². The average molecular weight is 395 g/mol. The Morgan fingerprint density at radius 2 is 2.10 bits per heavy atom. The fourth-order valence-corrected chi connectivity index (χ4v) is 3.69. The third kappa shape index (κ3) is 4.20. The molecular weight excluding hydrogens is 378 g/mol. The molecule has 0 aliphatic heterocycles. The number of nitrogens with one attached hydrogen (secondary N) is 1. The van der Waals surface area contributed by atoms with E-state index in [9.17, 15) is 13.2 Å². The predicted octanol–water partition coefficient (Wildman–Crippen LogP) is 3.61. The highest BCUT2D eigenvalue weighted by molar-refractivity contribution is 9.10. The van der Waals surface area contributed by atoms with Gasteiger partial charge in [-0.1, -0.05) is 35.2 Å². The van der Waals surface area contributed by atoms with Gasteiger partial charge in [0, 0.05) is 27.3 Å². The fraction of sp³-hybridized carbons (Fsp3) is 0.500. The minimum absolute atomic E-state index is 0.0780. The molecule has 1 amide bonds. The van der Waals surface area contributed by atoms with Crippen LogP contribution in [0.25, 0.3) is 0 Å². The minimum Gasteiger partial charge on any atom is -0.352 e. The Labute approximate surface area is 137 Å². The molecule has 1 aliphatic rings. The van der Waals surface area contributed by atoms with Crippen molar-refractivity contribution in [3.05, 3.63) is 27.7 Å². The van der Waals surface area contributed by atoms with Gasteiger partial charge >= 0.3 is 0 Å². The molecule has 0 atom stereocenters. The number of amides is 1. The van der Waals surface area contributed by atoms with Crippen molar-refractivity contribution in [3.8, 4) is 0 Å². The van der Waals surface area contributed by atoms with E-state index >= 15 is 0 Å². The summed E-state index contributed by atoms with van der Waals surface area (Å²) in [4.78, 5) is 12.1. The van der Waals surface area contributed by atoms with Gasteiger partial charge in [0.15, 0.2) is 0 Å². The first-order chi connectivity index (χ1) is 9.79. The maximum atomic E-state index is 12.2. The molecule has 0 saturated heterocycles. The summed E-state index contributed by atoms with van der Waals surface area (Å²) in [7, 11) is 1.49. The molecule has 116 valence electrons. The summed E-state index contributed by atoms with van der Waals surface area (Å²) in [5.74, 6) is 0.447. The zero-order chi connectivity index (χ0) is 15.6. The number of carbonyl (C=O) groups is 1.